The molecule has 1 atom stereocenters. The third-order valence-corrected chi connectivity index (χ3v) is 4.86. The van der Waals surface area contributed by atoms with Gasteiger partial charge in [0.1, 0.15) is 5.75 Å². The largest absolute Gasteiger partial charge is 0.494 e. The van der Waals surface area contributed by atoms with E-state index < -0.39 is 0 Å². The Morgan fingerprint density at radius 1 is 0.852 bits per heavy atom. The summed E-state index contributed by atoms with van der Waals surface area (Å²) in [5.41, 5.74) is 3.09. The molecule has 0 saturated heterocycles. The highest BCUT2D eigenvalue weighted by atomic mass is 16.5. The fraction of sp³-hybridized carbons (Fsp3) is 0.500. The molecule has 2 aromatic rings. The van der Waals surface area contributed by atoms with Gasteiger partial charge >= 0.3 is 0 Å². The van der Waals surface area contributed by atoms with Gasteiger partial charge in [-0.3, -0.25) is 0 Å². The summed E-state index contributed by atoms with van der Waals surface area (Å²) in [6, 6.07) is 16.2. The Morgan fingerprint density at radius 3 is 2.37 bits per heavy atom. The Hall–Kier alpha value is -2.16. The summed E-state index contributed by atoms with van der Waals surface area (Å²) in [5.74, 6) is 1.44. The monoisotopic (exact) mass is 366 g/mol. The molecule has 0 N–H and O–H groups in total. The Morgan fingerprint density at radius 2 is 1.67 bits per heavy atom. The average Bonchev–Trinajstić information content (AvgIpc) is 2.71. The molecule has 0 aromatic heterocycles. The van der Waals surface area contributed by atoms with Gasteiger partial charge in [0, 0.05) is 0 Å². The van der Waals surface area contributed by atoms with Crippen LogP contribution in [0.15, 0.2) is 58.8 Å². The van der Waals surface area contributed by atoms with E-state index in [0.717, 1.165) is 49.4 Å². The highest BCUT2D eigenvalue weighted by Gasteiger charge is 2.14. The van der Waals surface area contributed by atoms with E-state index in [2.05, 4.69) is 43.1 Å². The minimum atomic E-state index is 0.489. The zero-order chi connectivity index (χ0) is 19.3. The van der Waals surface area contributed by atoms with Crippen molar-refractivity contribution >= 4 is 11.4 Å². The number of unbranched alkanes of at least 4 members (excludes halogenated alkanes) is 3. The maximum absolute atomic E-state index is 6.01. The Balaban J connectivity index is 2.17. The van der Waals surface area contributed by atoms with E-state index >= 15 is 0 Å². The molecule has 0 aliphatic carbocycles. The molecule has 2 rings (SSSR count). The third kappa shape index (κ3) is 7.16. The van der Waals surface area contributed by atoms with Crippen LogP contribution < -0.4 is 4.74 Å². The first-order valence-electron chi connectivity index (χ1n) is 10.5. The topological polar surface area (TPSA) is 34.0 Å². The van der Waals surface area contributed by atoms with Gasteiger partial charge in [-0.05, 0) is 61.1 Å². The molecule has 0 aliphatic rings. The van der Waals surface area contributed by atoms with Gasteiger partial charge in [-0.25, -0.2) is 0 Å². The minimum Gasteiger partial charge on any atom is -0.494 e. The van der Waals surface area contributed by atoms with Crippen LogP contribution in [0.3, 0.4) is 0 Å². The van der Waals surface area contributed by atoms with Crippen molar-refractivity contribution in [2.24, 2.45) is 10.2 Å². The van der Waals surface area contributed by atoms with Crippen LogP contribution in [0.5, 0.6) is 5.75 Å². The Kier molecular flexibility index (Phi) is 9.61. The summed E-state index contributed by atoms with van der Waals surface area (Å²) in [6.07, 6.45) is 8.30. The molecule has 0 fully saturated rings. The van der Waals surface area contributed by atoms with Crippen molar-refractivity contribution in [3.63, 3.8) is 0 Å². The van der Waals surface area contributed by atoms with Crippen LogP contribution in [-0.2, 0) is 0 Å². The van der Waals surface area contributed by atoms with Crippen LogP contribution in [-0.4, -0.2) is 6.61 Å². The first-order chi connectivity index (χ1) is 13.3. The lowest BCUT2D eigenvalue weighted by Crippen LogP contribution is -2.01. The first kappa shape index (κ1) is 21.1. The van der Waals surface area contributed by atoms with Gasteiger partial charge in [-0.1, -0.05) is 64.7 Å². The quantitative estimate of drug-likeness (QED) is 0.274. The molecule has 0 spiro atoms. The predicted octanol–water partition coefficient (Wildman–Crippen LogP) is 8.35. The van der Waals surface area contributed by atoms with Gasteiger partial charge in [0.15, 0.2) is 0 Å². The average molecular weight is 367 g/mol. The van der Waals surface area contributed by atoms with E-state index in [4.69, 9.17) is 4.74 Å². The van der Waals surface area contributed by atoms with Crippen molar-refractivity contribution < 1.29 is 4.74 Å². The van der Waals surface area contributed by atoms with E-state index in [1.807, 2.05) is 36.4 Å². The maximum atomic E-state index is 6.01. The molecule has 0 aliphatic heterocycles. The normalized spacial score (nSPS) is 12.4. The van der Waals surface area contributed by atoms with E-state index in [9.17, 15) is 0 Å². The highest BCUT2D eigenvalue weighted by molar-refractivity contribution is 5.52. The lowest BCUT2D eigenvalue weighted by Gasteiger charge is -2.18. The molecular formula is C24H34N2O. The van der Waals surface area contributed by atoms with Crippen molar-refractivity contribution in [2.45, 2.75) is 71.6 Å². The Labute approximate surface area is 164 Å². The fourth-order valence-corrected chi connectivity index (χ4v) is 3.29. The van der Waals surface area contributed by atoms with Gasteiger partial charge in [0.05, 0.1) is 18.0 Å². The number of azo groups is 1. The molecule has 2 aromatic carbocycles. The third-order valence-electron chi connectivity index (χ3n) is 4.86. The van der Waals surface area contributed by atoms with Crippen LogP contribution in [0.4, 0.5) is 11.4 Å². The molecule has 0 radical (unpaired) electrons. The summed E-state index contributed by atoms with van der Waals surface area (Å²) >= 11 is 0. The summed E-state index contributed by atoms with van der Waals surface area (Å²) in [6.45, 7) is 7.50. The highest BCUT2D eigenvalue weighted by Crippen LogP contribution is 2.36. The molecule has 0 bridgehead atoms. The van der Waals surface area contributed by atoms with Crippen molar-refractivity contribution in [1.82, 2.24) is 0 Å². The Bertz CT molecular complexity index is 682. The fourth-order valence-electron chi connectivity index (χ4n) is 3.29. The van der Waals surface area contributed by atoms with Gasteiger partial charge in [-0.2, -0.15) is 10.2 Å². The summed E-state index contributed by atoms with van der Waals surface area (Å²) in [4.78, 5) is 0. The second kappa shape index (κ2) is 12.3. The number of nitrogens with zero attached hydrogens (tertiary/aromatic N) is 2. The second-order valence-corrected chi connectivity index (χ2v) is 7.06. The maximum Gasteiger partial charge on any atom is 0.119 e. The molecular weight excluding hydrogens is 332 g/mol. The first-order valence-corrected chi connectivity index (χ1v) is 10.5. The second-order valence-electron chi connectivity index (χ2n) is 7.06. The summed E-state index contributed by atoms with van der Waals surface area (Å²) in [7, 11) is 0. The minimum absolute atomic E-state index is 0.489. The lowest BCUT2D eigenvalue weighted by molar-refractivity contribution is 0.304. The number of ether oxygens (including phenoxy) is 1. The molecule has 27 heavy (non-hydrogen) atoms. The van der Waals surface area contributed by atoms with Gasteiger partial charge in [0.25, 0.3) is 0 Å². The van der Waals surface area contributed by atoms with E-state index in [1.54, 1.807) is 0 Å². The van der Waals surface area contributed by atoms with Gasteiger partial charge < -0.3 is 4.74 Å². The number of hydrogen-bond donors (Lipinski definition) is 0. The summed E-state index contributed by atoms with van der Waals surface area (Å²) in [5, 5.41) is 8.98. The molecule has 1 unspecified atom stereocenters. The predicted molar refractivity (Wildman–Crippen MR) is 115 cm³/mol. The molecule has 0 heterocycles. The standard InChI is InChI=1S/C24H34N2O/c1-4-7-8-12-18-27-22-16-17-24(23(19-22)20(6-3)13-5-2)26-25-21-14-10-9-11-15-21/h9-11,14-17,19-20H,4-8,12-13,18H2,1-3H3. The number of hydrogen-bond acceptors (Lipinski definition) is 3. The molecule has 146 valence electrons. The molecule has 3 nitrogen and oxygen atoms in total. The van der Waals surface area contributed by atoms with Crippen LogP contribution >= 0.6 is 0 Å². The molecule has 3 heteroatoms. The zero-order valence-corrected chi connectivity index (χ0v) is 17.2. The van der Waals surface area contributed by atoms with E-state index in [1.165, 1.54) is 24.8 Å². The van der Waals surface area contributed by atoms with Crippen LogP contribution in [0.1, 0.15) is 77.2 Å². The zero-order valence-electron chi connectivity index (χ0n) is 17.2. The number of rotatable bonds is 12. The SMILES string of the molecule is CCCCCCOc1ccc(N=Nc2ccccc2)c(C(CC)CCC)c1. The van der Waals surface area contributed by atoms with Crippen molar-refractivity contribution in [1.29, 1.82) is 0 Å². The van der Waals surface area contributed by atoms with Crippen molar-refractivity contribution in [2.75, 3.05) is 6.61 Å². The smallest absolute Gasteiger partial charge is 0.119 e. The summed E-state index contributed by atoms with van der Waals surface area (Å²) < 4.78 is 6.01. The van der Waals surface area contributed by atoms with E-state index in [-0.39, 0.29) is 0 Å². The number of benzene rings is 2. The van der Waals surface area contributed by atoms with Crippen molar-refractivity contribution in [3.8, 4) is 5.75 Å². The van der Waals surface area contributed by atoms with Crippen LogP contribution in [0, 0.1) is 0 Å². The van der Waals surface area contributed by atoms with E-state index in [0.29, 0.717) is 5.92 Å². The lowest BCUT2D eigenvalue weighted by atomic mass is 9.91. The van der Waals surface area contributed by atoms with Gasteiger partial charge in [-0.15, -0.1) is 0 Å². The van der Waals surface area contributed by atoms with Crippen molar-refractivity contribution in [3.05, 3.63) is 54.1 Å². The molecule has 0 amide bonds. The van der Waals surface area contributed by atoms with Crippen LogP contribution in [0.2, 0.25) is 0 Å². The molecule has 0 saturated carbocycles. The van der Waals surface area contributed by atoms with Gasteiger partial charge in [0.2, 0.25) is 0 Å². The van der Waals surface area contributed by atoms with Crippen LogP contribution in [0.25, 0.3) is 0 Å².